The fourth-order valence-corrected chi connectivity index (χ4v) is 1.18. The molecule has 4 nitrogen and oxygen atoms in total. The van der Waals surface area contributed by atoms with Crippen LogP contribution in [-0.4, -0.2) is 29.3 Å². The summed E-state index contributed by atoms with van der Waals surface area (Å²) >= 11 is 0. The molecule has 0 fully saturated rings. The van der Waals surface area contributed by atoms with E-state index in [2.05, 4.69) is 4.98 Å². The summed E-state index contributed by atoms with van der Waals surface area (Å²) < 4.78 is 5.14. The minimum atomic E-state index is -0.651. The predicted octanol–water partition coefficient (Wildman–Crippen LogP) is 0.342. The van der Waals surface area contributed by atoms with E-state index in [0.717, 1.165) is 5.69 Å². The molecule has 0 amide bonds. The molecule has 1 heterocycles. The lowest BCUT2D eigenvalue weighted by Gasteiger charge is -2.21. The molecule has 1 atom stereocenters. The number of aromatic nitrogens is 1. The van der Waals surface area contributed by atoms with E-state index in [1.54, 1.807) is 26.3 Å². The molecule has 4 heteroatoms. The maximum absolute atomic E-state index is 9.03. The molecule has 1 unspecified atom stereocenters. The van der Waals surface area contributed by atoms with E-state index in [4.69, 9.17) is 15.6 Å². The molecule has 0 spiro atoms. The lowest BCUT2D eigenvalue weighted by atomic mass is 9.98. The van der Waals surface area contributed by atoms with E-state index >= 15 is 0 Å². The average Bonchev–Trinajstić information content (AvgIpc) is 2.18. The number of pyridine rings is 1. The second kappa shape index (κ2) is 4.39. The van der Waals surface area contributed by atoms with Gasteiger partial charge < -0.3 is 15.6 Å². The van der Waals surface area contributed by atoms with Crippen molar-refractivity contribution in [3.63, 3.8) is 0 Å². The quantitative estimate of drug-likeness (QED) is 0.728. The van der Waals surface area contributed by atoms with Crippen LogP contribution in [0.4, 0.5) is 0 Å². The van der Waals surface area contributed by atoms with Crippen LogP contribution in [0.5, 0.6) is 5.75 Å². The number of nitrogens with two attached hydrogens (primary N) is 1. The summed E-state index contributed by atoms with van der Waals surface area (Å²) in [6, 6.07) is 3.63. The van der Waals surface area contributed by atoms with Crippen LogP contribution in [0.25, 0.3) is 0 Å². The minimum Gasteiger partial charge on any atom is -0.495 e. The molecule has 0 aliphatic heterocycles. The van der Waals surface area contributed by atoms with Crippen molar-refractivity contribution in [1.29, 1.82) is 0 Å². The molecule has 1 aromatic rings. The molecule has 1 rings (SSSR count). The first-order valence-electron chi connectivity index (χ1n) is 4.47. The first kappa shape index (κ1) is 10.9. The van der Waals surface area contributed by atoms with Gasteiger partial charge in [0, 0.05) is 18.2 Å². The first-order chi connectivity index (χ1) is 6.59. The Morgan fingerprint density at radius 2 is 2.36 bits per heavy atom. The topological polar surface area (TPSA) is 68.4 Å². The van der Waals surface area contributed by atoms with Gasteiger partial charge in [-0.25, -0.2) is 0 Å². The molecule has 0 radical (unpaired) electrons. The molecular weight excluding hydrogens is 180 g/mol. The Bertz CT molecular complexity index is 300. The summed E-state index contributed by atoms with van der Waals surface area (Å²) in [7, 11) is 1.59. The van der Waals surface area contributed by atoms with E-state index < -0.39 is 5.54 Å². The molecule has 78 valence electrons. The normalized spacial score (nSPS) is 14.9. The zero-order valence-corrected chi connectivity index (χ0v) is 8.53. The second-order valence-electron chi connectivity index (χ2n) is 3.64. The largest absolute Gasteiger partial charge is 0.495 e. The number of ether oxygens (including phenoxy) is 1. The van der Waals surface area contributed by atoms with Crippen molar-refractivity contribution in [2.24, 2.45) is 5.73 Å². The number of hydrogen-bond donors (Lipinski definition) is 2. The Kier molecular flexibility index (Phi) is 3.43. The van der Waals surface area contributed by atoms with E-state index in [9.17, 15) is 0 Å². The van der Waals surface area contributed by atoms with Crippen molar-refractivity contribution < 1.29 is 9.84 Å². The number of nitrogens with zero attached hydrogens (tertiary/aromatic N) is 1. The highest BCUT2D eigenvalue weighted by Gasteiger charge is 2.20. The Labute approximate surface area is 83.7 Å². The van der Waals surface area contributed by atoms with Gasteiger partial charge in [-0.05, 0) is 19.1 Å². The number of rotatable bonds is 4. The van der Waals surface area contributed by atoms with Gasteiger partial charge in [-0.3, -0.25) is 4.98 Å². The second-order valence-corrected chi connectivity index (χ2v) is 3.64. The smallest absolute Gasteiger partial charge is 0.140 e. The summed E-state index contributed by atoms with van der Waals surface area (Å²) in [5.74, 6) is 0.706. The van der Waals surface area contributed by atoms with Crippen LogP contribution in [0.3, 0.4) is 0 Å². The molecule has 0 aliphatic carbocycles. The SMILES string of the molecule is COc1cccnc1CC(C)(N)CO. The average molecular weight is 196 g/mol. The van der Waals surface area contributed by atoms with Crippen LogP contribution in [0.15, 0.2) is 18.3 Å². The maximum atomic E-state index is 9.03. The van der Waals surface area contributed by atoms with Crippen molar-refractivity contribution >= 4 is 0 Å². The summed E-state index contributed by atoms with van der Waals surface area (Å²) in [5.41, 5.74) is 5.95. The number of hydrogen-bond acceptors (Lipinski definition) is 4. The third-order valence-corrected chi connectivity index (χ3v) is 2.00. The molecule has 3 N–H and O–H groups in total. The Morgan fingerprint density at radius 3 is 2.93 bits per heavy atom. The van der Waals surface area contributed by atoms with Gasteiger partial charge >= 0.3 is 0 Å². The highest BCUT2D eigenvalue weighted by Crippen LogP contribution is 2.18. The number of aliphatic hydroxyl groups excluding tert-OH is 1. The Hall–Kier alpha value is -1.13. The molecule has 0 saturated carbocycles. The molecule has 14 heavy (non-hydrogen) atoms. The molecule has 0 aliphatic rings. The minimum absolute atomic E-state index is 0.0767. The molecular formula is C10H16N2O2. The predicted molar refractivity (Wildman–Crippen MR) is 54.2 cm³/mol. The van der Waals surface area contributed by atoms with E-state index in [-0.39, 0.29) is 6.61 Å². The monoisotopic (exact) mass is 196 g/mol. The van der Waals surface area contributed by atoms with Crippen molar-refractivity contribution in [1.82, 2.24) is 4.98 Å². The van der Waals surface area contributed by atoms with Gasteiger partial charge in [-0.15, -0.1) is 0 Å². The zero-order valence-electron chi connectivity index (χ0n) is 8.53. The summed E-state index contributed by atoms with van der Waals surface area (Å²) in [6.45, 7) is 1.70. The van der Waals surface area contributed by atoms with E-state index in [0.29, 0.717) is 12.2 Å². The van der Waals surface area contributed by atoms with E-state index in [1.807, 2.05) is 6.07 Å². The fourth-order valence-electron chi connectivity index (χ4n) is 1.18. The summed E-state index contributed by atoms with van der Waals surface area (Å²) in [6.07, 6.45) is 2.18. The van der Waals surface area contributed by atoms with Crippen LogP contribution < -0.4 is 10.5 Å². The van der Waals surface area contributed by atoms with Crippen LogP contribution >= 0.6 is 0 Å². The van der Waals surface area contributed by atoms with Crippen LogP contribution in [0, 0.1) is 0 Å². The standard InChI is InChI=1S/C10H16N2O2/c1-10(11,7-13)6-8-9(14-2)4-3-5-12-8/h3-5,13H,6-7,11H2,1-2H3. The van der Waals surface area contributed by atoms with Gasteiger partial charge in [0.05, 0.1) is 19.4 Å². The molecule has 0 bridgehead atoms. The highest BCUT2D eigenvalue weighted by molar-refractivity contribution is 5.28. The van der Waals surface area contributed by atoms with Crippen LogP contribution in [0.2, 0.25) is 0 Å². The number of aliphatic hydroxyl groups is 1. The Balaban J connectivity index is 2.85. The van der Waals surface area contributed by atoms with Crippen molar-refractivity contribution in [3.8, 4) is 5.75 Å². The number of methoxy groups -OCH3 is 1. The van der Waals surface area contributed by atoms with E-state index in [1.165, 1.54) is 0 Å². The molecule has 1 aromatic heterocycles. The van der Waals surface area contributed by atoms with Gasteiger partial charge in [0.15, 0.2) is 0 Å². The van der Waals surface area contributed by atoms with Crippen LogP contribution in [0.1, 0.15) is 12.6 Å². The third kappa shape index (κ3) is 2.68. The van der Waals surface area contributed by atoms with Crippen molar-refractivity contribution in [2.75, 3.05) is 13.7 Å². The highest BCUT2D eigenvalue weighted by atomic mass is 16.5. The van der Waals surface area contributed by atoms with Crippen LogP contribution in [-0.2, 0) is 6.42 Å². The summed E-state index contributed by atoms with van der Waals surface area (Å²) in [4.78, 5) is 4.17. The third-order valence-electron chi connectivity index (χ3n) is 2.00. The summed E-state index contributed by atoms with van der Waals surface area (Å²) in [5, 5.41) is 9.03. The first-order valence-corrected chi connectivity index (χ1v) is 4.47. The fraction of sp³-hybridized carbons (Fsp3) is 0.500. The maximum Gasteiger partial charge on any atom is 0.140 e. The van der Waals surface area contributed by atoms with Crippen molar-refractivity contribution in [2.45, 2.75) is 18.9 Å². The van der Waals surface area contributed by atoms with Gasteiger partial charge in [0.2, 0.25) is 0 Å². The van der Waals surface area contributed by atoms with Crippen molar-refractivity contribution in [3.05, 3.63) is 24.0 Å². The van der Waals surface area contributed by atoms with Gasteiger partial charge in [-0.1, -0.05) is 0 Å². The molecule has 0 aromatic carbocycles. The van der Waals surface area contributed by atoms with Gasteiger partial charge in [0.25, 0.3) is 0 Å². The Morgan fingerprint density at radius 1 is 1.64 bits per heavy atom. The lowest BCUT2D eigenvalue weighted by Crippen LogP contribution is -2.42. The zero-order chi connectivity index (χ0) is 10.6. The molecule has 0 saturated heterocycles. The van der Waals surface area contributed by atoms with Gasteiger partial charge in [0.1, 0.15) is 5.75 Å². The lowest BCUT2D eigenvalue weighted by molar-refractivity contribution is 0.206. The van der Waals surface area contributed by atoms with Gasteiger partial charge in [-0.2, -0.15) is 0 Å².